The van der Waals surface area contributed by atoms with Gasteiger partial charge in [0.25, 0.3) is 5.91 Å². The number of furan rings is 1. The highest BCUT2D eigenvalue weighted by molar-refractivity contribution is 5.92. The fraction of sp³-hybridized carbons (Fsp3) is 0.294. The van der Waals surface area contributed by atoms with Gasteiger partial charge in [-0.3, -0.25) is 4.79 Å². The molecule has 5 nitrogen and oxygen atoms in total. The lowest BCUT2D eigenvalue weighted by Gasteiger charge is -2.06. The van der Waals surface area contributed by atoms with Crippen LogP contribution in [-0.4, -0.2) is 25.0 Å². The first kappa shape index (κ1) is 16.7. The molecule has 0 atom stereocenters. The van der Waals surface area contributed by atoms with E-state index in [1.165, 1.54) is 12.1 Å². The summed E-state index contributed by atoms with van der Waals surface area (Å²) >= 11 is 0. The molecule has 1 amide bonds. The van der Waals surface area contributed by atoms with Crippen molar-refractivity contribution < 1.29 is 23.1 Å². The molecule has 1 aromatic carbocycles. The molecule has 0 spiro atoms. The van der Waals surface area contributed by atoms with Gasteiger partial charge in [0.15, 0.2) is 6.61 Å². The first-order valence-electron chi connectivity index (χ1n) is 7.21. The van der Waals surface area contributed by atoms with Gasteiger partial charge in [-0.05, 0) is 44.0 Å². The molecule has 1 aromatic heterocycles. The predicted octanol–water partition coefficient (Wildman–Crippen LogP) is 2.55. The molecule has 2 aromatic rings. The third-order valence-corrected chi connectivity index (χ3v) is 3.24. The maximum Gasteiger partial charge on any atom is 0.342 e. The summed E-state index contributed by atoms with van der Waals surface area (Å²) in [6.07, 6.45) is 0.569. The number of benzene rings is 1. The van der Waals surface area contributed by atoms with E-state index in [2.05, 4.69) is 5.32 Å². The molecule has 6 heteroatoms. The summed E-state index contributed by atoms with van der Waals surface area (Å²) in [5, 5.41) is 2.64. The second kappa shape index (κ2) is 7.58. The summed E-state index contributed by atoms with van der Waals surface area (Å²) in [7, 11) is 0. The Morgan fingerprint density at radius 2 is 1.91 bits per heavy atom. The Morgan fingerprint density at radius 3 is 2.52 bits per heavy atom. The van der Waals surface area contributed by atoms with Gasteiger partial charge in [0, 0.05) is 6.54 Å². The molecule has 2 rings (SSSR count). The van der Waals surface area contributed by atoms with Gasteiger partial charge >= 0.3 is 5.97 Å². The van der Waals surface area contributed by atoms with Crippen LogP contribution in [0.3, 0.4) is 0 Å². The summed E-state index contributed by atoms with van der Waals surface area (Å²) in [6, 6.07) is 7.63. The summed E-state index contributed by atoms with van der Waals surface area (Å²) < 4.78 is 22.9. The molecule has 23 heavy (non-hydrogen) atoms. The van der Waals surface area contributed by atoms with Crippen molar-refractivity contribution in [2.75, 3.05) is 13.2 Å². The fourth-order valence-corrected chi connectivity index (χ4v) is 2.09. The second-order valence-electron chi connectivity index (χ2n) is 5.13. The SMILES string of the molecule is Cc1cc(C(=O)OCC(=O)NCCc2ccc(F)cc2)c(C)o1. The number of hydrogen-bond acceptors (Lipinski definition) is 4. The van der Waals surface area contributed by atoms with E-state index in [-0.39, 0.29) is 12.4 Å². The molecule has 0 unspecified atom stereocenters. The Morgan fingerprint density at radius 1 is 1.22 bits per heavy atom. The lowest BCUT2D eigenvalue weighted by Crippen LogP contribution is -2.30. The topological polar surface area (TPSA) is 68.5 Å². The maximum atomic E-state index is 12.8. The first-order valence-corrected chi connectivity index (χ1v) is 7.21. The Bertz CT molecular complexity index is 691. The minimum atomic E-state index is -0.590. The minimum absolute atomic E-state index is 0.297. The average molecular weight is 319 g/mol. The average Bonchev–Trinajstić information content (AvgIpc) is 2.85. The molecule has 0 radical (unpaired) electrons. The van der Waals surface area contributed by atoms with Crippen molar-refractivity contribution in [3.05, 3.63) is 58.8 Å². The van der Waals surface area contributed by atoms with Gasteiger partial charge in [0.1, 0.15) is 22.9 Å². The summed E-state index contributed by atoms with van der Waals surface area (Å²) in [4.78, 5) is 23.5. The van der Waals surface area contributed by atoms with Crippen molar-refractivity contribution >= 4 is 11.9 Å². The zero-order valence-electron chi connectivity index (χ0n) is 13.0. The van der Waals surface area contributed by atoms with Crippen molar-refractivity contribution in [2.24, 2.45) is 0 Å². The normalized spacial score (nSPS) is 10.4. The number of esters is 1. The monoisotopic (exact) mass is 319 g/mol. The van der Waals surface area contributed by atoms with E-state index in [1.807, 2.05) is 0 Å². The van der Waals surface area contributed by atoms with Crippen molar-refractivity contribution in [1.82, 2.24) is 5.32 Å². The highest BCUT2D eigenvalue weighted by Crippen LogP contribution is 2.14. The van der Waals surface area contributed by atoms with Crippen LogP contribution in [0.2, 0.25) is 0 Å². The second-order valence-corrected chi connectivity index (χ2v) is 5.13. The highest BCUT2D eigenvalue weighted by atomic mass is 19.1. The molecule has 0 aliphatic heterocycles. The fourth-order valence-electron chi connectivity index (χ4n) is 2.09. The summed E-state index contributed by atoms with van der Waals surface area (Å²) in [5.74, 6) is -0.205. The number of hydrogen-bond donors (Lipinski definition) is 1. The minimum Gasteiger partial charge on any atom is -0.466 e. The van der Waals surface area contributed by atoms with Gasteiger partial charge in [0.05, 0.1) is 0 Å². The van der Waals surface area contributed by atoms with Gasteiger partial charge in [0.2, 0.25) is 0 Å². The van der Waals surface area contributed by atoms with Crippen LogP contribution < -0.4 is 5.32 Å². The van der Waals surface area contributed by atoms with Crippen LogP contribution in [-0.2, 0) is 16.0 Å². The molecule has 0 bridgehead atoms. The first-order chi connectivity index (χ1) is 11.0. The Hall–Kier alpha value is -2.63. The number of ether oxygens (including phenoxy) is 1. The van der Waals surface area contributed by atoms with E-state index in [1.54, 1.807) is 32.0 Å². The molecule has 0 saturated carbocycles. The quantitative estimate of drug-likeness (QED) is 0.831. The third-order valence-electron chi connectivity index (χ3n) is 3.24. The number of amides is 1. The molecule has 122 valence electrons. The van der Waals surface area contributed by atoms with Crippen LogP contribution in [0.5, 0.6) is 0 Å². The lowest BCUT2D eigenvalue weighted by molar-refractivity contribution is -0.124. The molecular formula is C17H18FNO4. The van der Waals surface area contributed by atoms with Gasteiger partial charge in [-0.15, -0.1) is 0 Å². The molecule has 1 heterocycles. The zero-order chi connectivity index (χ0) is 16.8. The van der Waals surface area contributed by atoms with E-state index in [0.29, 0.717) is 30.0 Å². The third kappa shape index (κ3) is 4.95. The Labute approximate surface area is 133 Å². The van der Waals surface area contributed by atoms with Crippen molar-refractivity contribution in [3.63, 3.8) is 0 Å². The van der Waals surface area contributed by atoms with Gasteiger partial charge in [-0.1, -0.05) is 12.1 Å². The van der Waals surface area contributed by atoms with Gasteiger partial charge in [-0.25, -0.2) is 9.18 Å². The van der Waals surface area contributed by atoms with E-state index in [0.717, 1.165) is 5.56 Å². The summed E-state index contributed by atoms with van der Waals surface area (Å²) in [5.41, 5.74) is 1.23. The number of carbonyl (C=O) groups excluding carboxylic acids is 2. The van der Waals surface area contributed by atoms with E-state index < -0.39 is 11.9 Å². The summed E-state index contributed by atoms with van der Waals surface area (Å²) in [6.45, 7) is 3.41. The van der Waals surface area contributed by atoms with Crippen LogP contribution in [0.15, 0.2) is 34.7 Å². The maximum absolute atomic E-state index is 12.8. The Balaban J connectivity index is 1.71. The van der Waals surface area contributed by atoms with Crippen molar-refractivity contribution in [1.29, 1.82) is 0 Å². The predicted molar refractivity (Wildman–Crippen MR) is 81.6 cm³/mol. The van der Waals surface area contributed by atoms with Gasteiger partial charge < -0.3 is 14.5 Å². The number of rotatable bonds is 6. The number of carbonyl (C=O) groups is 2. The molecule has 0 saturated heterocycles. The molecule has 1 N–H and O–H groups in total. The number of halogens is 1. The van der Waals surface area contributed by atoms with Crippen molar-refractivity contribution in [2.45, 2.75) is 20.3 Å². The standard InChI is InChI=1S/C17H18FNO4/c1-11-9-15(12(2)23-11)17(21)22-10-16(20)19-8-7-13-3-5-14(18)6-4-13/h3-6,9H,7-8,10H2,1-2H3,(H,19,20). The van der Waals surface area contributed by atoms with E-state index >= 15 is 0 Å². The smallest absolute Gasteiger partial charge is 0.342 e. The highest BCUT2D eigenvalue weighted by Gasteiger charge is 2.16. The molecule has 0 aliphatic carbocycles. The lowest BCUT2D eigenvalue weighted by atomic mass is 10.1. The number of nitrogens with one attached hydrogen (secondary N) is 1. The van der Waals surface area contributed by atoms with Crippen LogP contribution in [0, 0.1) is 19.7 Å². The Kier molecular flexibility index (Phi) is 5.51. The van der Waals surface area contributed by atoms with Gasteiger partial charge in [-0.2, -0.15) is 0 Å². The van der Waals surface area contributed by atoms with E-state index in [4.69, 9.17) is 9.15 Å². The van der Waals surface area contributed by atoms with Crippen LogP contribution in [0.25, 0.3) is 0 Å². The number of aryl methyl sites for hydroxylation is 2. The van der Waals surface area contributed by atoms with Crippen LogP contribution >= 0.6 is 0 Å². The molecular weight excluding hydrogens is 301 g/mol. The van der Waals surface area contributed by atoms with E-state index in [9.17, 15) is 14.0 Å². The van der Waals surface area contributed by atoms with Crippen LogP contribution in [0.4, 0.5) is 4.39 Å². The molecule has 0 fully saturated rings. The zero-order valence-corrected chi connectivity index (χ0v) is 13.0. The largest absolute Gasteiger partial charge is 0.466 e. The van der Waals surface area contributed by atoms with Crippen LogP contribution in [0.1, 0.15) is 27.4 Å². The van der Waals surface area contributed by atoms with Crippen molar-refractivity contribution in [3.8, 4) is 0 Å². The molecule has 0 aliphatic rings.